The van der Waals surface area contributed by atoms with Crippen LogP contribution in [0.3, 0.4) is 0 Å². The van der Waals surface area contributed by atoms with Crippen molar-refractivity contribution in [3.63, 3.8) is 0 Å². The first-order chi connectivity index (χ1) is 10.6. The van der Waals surface area contributed by atoms with Crippen LogP contribution in [-0.4, -0.2) is 49.6 Å². The van der Waals surface area contributed by atoms with Gasteiger partial charge in [0.05, 0.1) is 19.8 Å². The van der Waals surface area contributed by atoms with Gasteiger partial charge in [-0.05, 0) is 18.4 Å². The summed E-state index contributed by atoms with van der Waals surface area (Å²) in [5.41, 5.74) is 2.49. The van der Waals surface area contributed by atoms with Crippen LogP contribution in [0.5, 0.6) is 0 Å². The molecule has 2 saturated heterocycles. The lowest BCUT2D eigenvalue weighted by Crippen LogP contribution is -2.43. The molecule has 2 amide bonds. The summed E-state index contributed by atoms with van der Waals surface area (Å²) in [7, 11) is 0. The smallest absolute Gasteiger partial charge is 0.317 e. The van der Waals surface area contributed by atoms with Crippen molar-refractivity contribution in [2.75, 3.05) is 32.8 Å². The Morgan fingerprint density at radius 3 is 2.91 bits per heavy atom. The van der Waals surface area contributed by atoms with Gasteiger partial charge in [-0.2, -0.15) is 0 Å². The van der Waals surface area contributed by atoms with Gasteiger partial charge in [0.25, 0.3) is 0 Å². The number of ether oxygens (including phenoxy) is 2. The predicted octanol–water partition coefficient (Wildman–Crippen LogP) is 2.26. The Kier molecular flexibility index (Phi) is 4.36. The van der Waals surface area contributed by atoms with Crippen molar-refractivity contribution in [3.05, 3.63) is 35.4 Å². The number of nitrogens with one attached hydrogen (secondary N) is 1. The SMILES string of the molecule is Cc1cccc([C@@H](C)CNC(=O)N2CCC3(C2)OCCO3)c1. The number of aryl methyl sites for hydroxylation is 1. The first kappa shape index (κ1) is 15.3. The normalized spacial score (nSPS) is 21.3. The fourth-order valence-corrected chi connectivity index (χ4v) is 3.11. The molecule has 0 bridgehead atoms. The highest BCUT2D eigenvalue weighted by Crippen LogP contribution is 2.30. The van der Waals surface area contributed by atoms with E-state index in [9.17, 15) is 4.79 Å². The summed E-state index contributed by atoms with van der Waals surface area (Å²) in [5.74, 6) is -0.251. The molecule has 5 heteroatoms. The van der Waals surface area contributed by atoms with Crippen LogP contribution in [0.1, 0.15) is 30.4 Å². The lowest BCUT2D eigenvalue weighted by atomic mass is 9.99. The third kappa shape index (κ3) is 3.25. The van der Waals surface area contributed by atoms with Gasteiger partial charge in [-0.15, -0.1) is 0 Å². The lowest BCUT2D eigenvalue weighted by Gasteiger charge is -2.23. The molecule has 0 aromatic heterocycles. The van der Waals surface area contributed by atoms with Gasteiger partial charge < -0.3 is 19.7 Å². The molecule has 2 aliphatic rings. The molecule has 0 saturated carbocycles. The van der Waals surface area contributed by atoms with E-state index in [4.69, 9.17) is 9.47 Å². The summed E-state index contributed by atoms with van der Waals surface area (Å²) < 4.78 is 11.3. The van der Waals surface area contributed by atoms with E-state index in [0.717, 1.165) is 6.42 Å². The number of hydrogen-bond donors (Lipinski definition) is 1. The molecule has 22 heavy (non-hydrogen) atoms. The van der Waals surface area contributed by atoms with E-state index in [2.05, 4.69) is 43.4 Å². The molecule has 1 spiro atoms. The zero-order valence-electron chi connectivity index (χ0n) is 13.3. The number of carbonyl (C=O) groups is 1. The van der Waals surface area contributed by atoms with E-state index < -0.39 is 5.79 Å². The van der Waals surface area contributed by atoms with Crippen molar-refractivity contribution >= 4 is 6.03 Å². The number of carbonyl (C=O) groups excluding carboxylic acids is 1. The molecular formula is C17H24N2O3. The van der Waals surface area contributed by atoms with Crippen molar-refractivity contribution in [1.29, 1.82) is 0 Å². The quantitative estimate of drug-likeness (QED) is 0.932. The number of urea groups is 1. The molecule has 2 fully saturated rings. The summed E-state index contributed by atoms with van der Waals surface area (Å²) in [6.07, 6.45) is 0.758. The maximum Gasteiger partial charge on any atom is 0.317 e. The van der Waals surface area contributed by atoms with Crippen molar-refractivity contribution in [3.8, 4) is 0 Å². The minimum Gasteiger partial charge on any atom is -0.346 e. The molecule has 2 heterocycles. The third-order valence-corrected chi connectivity index (χ3v) is 4.47. The highest BCUT2D eigenvalue weighted by molar-refractivity contribution is 5.74. The maximum atomic E-state index is 12.3. The van der Waals surface area contributed by atoms with Crippen LogP contribution in [0.4, 0.5) is 4.79 Å². The van der Waals surface area contributed by atoms with Gasteiger partial charge in [-0.3, -0.25) is 0 Å². The molecular weight excluding hydrogens is 280 g/mol. The molecule has 3 rings (SSSR count). The Hall–Kier alpha value is -1.59. The molecule has 0 unspecified atom stereocenters. The summed E-state index contributed by atoms with van der Waals surface area (Å²) in [6, 6.07) is 8.38. The van der Waals surface area contributed by atoms with Crippen molar-refractivity contribution < 1.29 is 14.3 Å². The second-order valence-electron chi connectivity index (χ2n) is 6.28. The molecule has 2 aliphatic heterocycles. The number of benzene rings is 1. The standard InChI is InChI=1S/C17H24N2O3/c1-13-4-3-5-15(10-13)14(2)11-18-16(20)19-7-6-17(12-19)21-8-9-22-17/h3-5,10,14H,6-9,11-12H2,1-2H3,(H,18,20)/t14-/m0/s1. The van der Waals surface area contributed by atoms with Gasteiger partial charge in [-0.1, -0.05) is 36.8 Å². The number of likely N-dealkylation sites (tertiary alicyclic amines) is 1. The van der Waals surface area contributed by atoms with Gasteiger partial charge in [0, 0.05) is 19.5 Å². The number of hydrogen-bond acceptors (Lipinski definition) is 3. The Morgan fingerprint density at radius 2 is 2.18 bits per heavy atom. The van der Waals surface area contributed by atoms with Crippen LogP contribution in [0.2, 0.25) is 0 Å². The zero-order chi connectivity index (χ0) is 15.6. The van der Waals surface area contributed by atoms with E-state index in [-0.39, 0.29) is 6.03 Å². The van der Waals surface area contributed by atoms with Gasteiger partial charge in [0.2, 0.25) is 0 Å². The number of rotatable bonds is 3. The van der Waals surface area contributed by atoms with Gasteiger partial charge in [-0.25, -0.2) is 4.79 Å². The molecule has 5 nitrogen and oxygen atoms in total. The average molecular weight is 304 g/mol. The lowest BCUT2D eigenvalue weighted by molar-refractivity contribution is -0.143. The van der Waals surface area contributed by atoms with Crippen LogP contribution in [-0.2, 0) is 9.47 Å². The Morgan fingerprint density at radius 1 is 1.41 bits per heavy atom. The minimum absolute atomic E-state index is 0.0320. The summed E-state index contributed by atoms with van der Waals surface area (Å²) in [6.45, 7) is 7.30. The first-order valence-corrected chi connectivity index (χ1v) is 7.95. The molecule has 1 aromatic carbocycles. The van der Waals surface area contributed by atoms with E-state index in [1.54, 1.807) is 4.90 Å². The second-order valence-corrected chi connectivity index (χ2v) is 6.28. The zero-order valence-corrected chi connectivity index (χ0v) is 13.3. The summed E-state index contributed by atoms with van der Waals surface area (Å²) in [5, 5.41) is 3.02. The van der Waals surface area contributed by atoms with Crippen LogP contribution in [0.25, 0.3) is 0 Å². The predicted molar refractivity (Wildman–Crippen MR) is 83.8 cm³/mol. The molecule has 1 atom stereocenters. The second kappa shape index (κ2) is 6.26. The van der Waals surface area contributed by atoms with E-state index in [1.165, 1.54) is 11.1 Å². The number of nitrogens with zero attached hydrogens (tertiary/aromatic N) is 1. The minimum atomic E-state index is -0.542. The largest absolute Gasteiger partial charge is 0.346 e. The van der Waals surface area contributed by atoms with Gasteiger partial charge in [0.15, 0.2) is 5.79 Å². The Labute approximate surface area is 131 Å². The van der Waals surface area contributed by atoms with Crippen LogP contribution in [0, 0.1) is 6.92 Å². The highest BCUT2D eigenvalue weighted by Gasteiger charge is 2.44. The Balaban J connectivity index is 1.50. The molecule has 1 N–H and O–H groups in total. The number of amides is 2. The van der Waals surface area contributed by atoms with E-state index in [0.29, 0.717) is 38.8 Å². The van der Waals surface area contributed by atoms with E-state index >= 15 is 0 Å². The van der Waals surface area contributed by atoms with Crippen LogP contribution >= 0.6 is 0 Å². The first-order valence-electron chi connectivity index (χ1n) is 7.95. The molecule has 0 aliphatic carbocycles. The maximum absolute atomic E-state index is 12.3. The van der Waals surface area contributed by atoms with Crippen LogP contribution < -0.4 is 5.32 Å². The Bertz CT molecular complexity index is 540. The van der Waals surface area contributed by atoms with Crippen molar-refractivity contribution in [2.24, 2.45) is 0 Å². The fraction of sp³-hybridized carbons (Fsp3) is 0.588. The van der Waals surface area contributed by atoms with Gasteiger partial charge >= 0.3 is 6.03 Å². The summed E-state index contributed by atoms with van der Waals surface area (Å²) in [4.78, 5) is 14.1. The topological polar surface area (TPSA) is 50.8 Å². The molecule has 1 aromatic rings. The van der Waals surface area contributed by atoms with Crippen LogP contribution in [0.15, 0.2) is 24.3 Å². The third-order valence-electron chi connectivity index (χ3n) is 4.47. The molecule has 0 radical (unpaired) electrons. The fourth-order valence-electron chi connectivity index (χ4n) is 3.11. The van der Waals surface area contributed by atoms with Crippen molar-refractivity contribution in [1.82, 2.24) is 10.2 Å². The molecule has 120 valence electrons. The monoisotopic (exact) mass is 304 g/mol. The van der Waals surface area contributed by atoms with E-state index in [1.807, 2.05) is 0 Å². The van der Waals surface area contributed by atoms with Crippen molar-refractivity contribution in [2.45, 2.75) is 32.0 Å². The van der Waals surface area contributed by atoms with Gasteiger partial charge in [0.1, 0.15) is 0 Å². The average Bonchev–Trinajstić information content (AvgIpc) is 3.15. The highest BCUT2D eigenvalue weighted by atomic mass is 16.7. The summed E-state index contributed by atoms with van der Waals surface area (Å²) >= 11 is 0.